The summed E-state index contributed by atoms with van der Waals surface area (Å²) in [6.45, 7) is 5.85. The Morgan fingerprint density at radius 3 is 2.51 bits per heavy atom. The van der Waals surface area contributed by atoms with Gasteiger partial charge in [-0.3, -0.25) is 4.79 Å². The van der Waals surface area contributed by atoms with E-state index in [2.05, 4.69) is 6.92 Å². The minimum atomic E-state index is -1.78. The predicted octanol–water partition coefficient (Wildman–Crippen LogP) is 2.85. The van der Waals surface area contributed by atoms with Gasteiger partial charge in [0.1, 0.15) is 12.7 Å². The van der Waals surface area contributed by atoms with Gasteiger partial charge in [0.2, 0.25) is 17.9 Å². The molecule has 0 aromatic rings. The van der Waals surface area contributed by atoms with Crippen LogP contribution in [0.5, 0.6) is 0 Å². The third-order valence-corrected chi connectivity index (χ3v) is 12.1. The molecule has 226 valence electrons. The van der Waals surface area contributed by atoms with E-state index in [4.69, 9.17) is 23.7 Å². The predicted molar refractivity (Wildman–Crippen MR) is 142 cm³/mol. The van der Waals surface area contributed by atoms with Crippen molar-refractivity contribution >= 4 is 11.8 Å². The molecule has 12 atom stereocenters. The Balaban J connectivity index is 1.26. The van der Waals surface area contributed by atoms with Gasteiger partial charge in [-0.25, -0.2) is 4.79 Å². The molecule has 3 N–H and O–H groups in total. The van der Waals surface area contributed by atoms with E-state index >= 15 is 0 Å². The van der Waals surface area contributed by atoms with Crippen LogP contribution in [0.2, 0.25) is 0 Å². The molecule has 0 aromatic carbocycles. The van der Waals surface area contributed by atoms with Crippen LogP contribution in [0, 0.1) is 28.6 Å². The maximum atomic E-state index is 14.3. The normalized spacial score (nSPS) is 52.9. The second-order valence-corrected chi connectivity index (χ2v) is 14.0. The van der Waals surface area contributed by atoms with Crippen LogP contribution in [-0.2, 0) is 33.3 Å². The summed E-state index contributed by atoms with van der Waals surface area (Å²) in [6, 6.07) is 0. The number of Topliss-reactive ketones (excluding diaryl/α,β-unsaturated/α-hetero) is 1. The third-order valence-electron chi connectivity index (χ3n) is 12.1. The number of aliphatic hydroxyl groups is 3. The topological polar surface area (TPSA) is 141 Å². The molecule has 41 heavy (non-hydrogen) atoms. The smallest absolute Gasteiger partial charge is 0.331 e. The van der Waals surface area contributed by atoms with Gasteiger partial charge in [0, 0.05) is 25.5 Å². The summed E-state index contributed by atoms with van der Waals surface area (Å²) in [5.74, 6) is -3.67. The summed E-state index contributed by atoms with van der Waals surface area (Å²) in [6.07, 6.45) is 3.53. The zero-order valence-electron chi connectivity index (χ0n) is 24.3. The van der Waals surface area contributed by atoms with Crippen molar-refractivity contribution < 1.29 is 48.6 Å². The first-order chi connectivity index (χ1) is 19.4. The summed E-state index contributed by atoms with van der Waals surface area (Å²) in [5.41, 5.74) is -1.99. The van der Waals surface area contributed by atoms with Crippen LogP contribution in [0.25, 0.3) is 0 Å². The molecule has 2 saturated heterocycles. The molecular weight excluding hydrogens is 532 g/mol. The highest BCUT2D eigenvalue weighted by Gasteiger charge is 2.71. The number of carbonyl (C=O) groups excluding carboxylic acids is 2. The van der Waals surface area contributed by atoms with Gasteiger partial charge in [0.05, 0.1) is 29.3 Å². The molecule has 3 aliphatic heterocycles. The molecule has 3 heterocycles. The van der Waals surface area contributed by atoms with Gasteiger partial charge in [-0.1, -0.05) is 6.92 Å². The van der Waals surface area contributed by atoms with Crippen LogP contribution in [0.1, 0.15) is 72.1 Å². The van der Waals surface area contributed by atoms with Crippen LogP contribution < -0.4 is 0 Å². The number of allylic oxidation sites excluding steroid dienone is 1. The van der Waals surface area contributed by atoms with E-state index in [1.807, 2.05) is 6.92 Å². The van der Waals surface area contributed by atoms with E-state index in [0.29, 0.717) is 56.1 Å². The molecule has 12 unspecified atom stereocenters. The molecule has 0 aromatic heterocycles. The number of ketones is 1. The second-order valence-electron chi connectivity index (χ2n) is 14.0. The first kappa shape index (κ1) is 28.0. The monoisotopic (exact) mass is 574 g/mol. The lowest BCUT2D eigenvalue weighted by atomic mass is 9.42. The van der Waals surface area contributed by atoms with Crippen molar-refractivity contribution in [1.82, 2.24) is 0 Å². The van der Waals surface area contributed by atoms with Crippen LogP contribution in [0.4, 0.5) is 0 Å². The molecular formula is C31H42O10. The Labute approximate surface area is 240 Å². The lowest BCUT2D eigenvalue weighted by Crippen LogP contribution is -2.71. The van der Waals surface area contributed by atoms with Gasteiger partial charge in [0.25, 0.3) is 0 Å². The standard InChI is InChI=1S/C31H42O10/c1-15-10-22(37-4)31(36)27(39-15)40-20-12-17-7-8-19-24(28(17,2)13-21(20)41-31)25(33)26(34)29(3)18(6-5-9-30(19,29)35)16-11-23(32)38-14-16/h11,15,17-22,27,33,35-36H,5-10,12-14H2,1-4H3. The Morgan fingerprint density at radius 2 is 1.80 bits per heavy atom. The fourth-order valence-corrected chi connectivity index (χ4v) is 10.0. The van der Waals surface area contributed by atoms with Gasteiger partial charge in [-0.15, -0.1) is 0 Å². The molecule has 3 saturated carbocycles. The molecule has 0 amide bonds. The van der Waals surface area contributed by atoms with Crippen molar-refractivity contribution in [2.24, 2.45) is 28.6 Å². The molecule has 4 aliphatic carbocycles. The average molecular weight is 575 g/mol. The second kappa shape index (κ2) is 9.09. The first-order valence-electron chi connectivity index (χ1n) is 15.2. The van der Waals surface area contributed by atoms with Crippen LogP contribution >= 0.6 is 0 Å². The van der Waals surface area contributed by atoms with Gasteiger partial charge in [0.15, 0.2) is 5.76 Å². The number of aliphatic hydroxyl groups excluding tert-OH is 1. The highest BCUT2D eigenvalue weighted by Crippen LogP contribution is 2.67. The van der Waals surface area contributed by atoms with Crippen molar-refractivity contribution in [3.05, 3.63) is 23.0 Å². The Kier molecular flexibility index (Phi) is 6.21. The van der Waals surface area contributed by atoms with Crippen molar-refractivity contribution in [2.45, 2.75) is 114 Å². The van der Waals surface area contributed by atoms with Crippen molar-refractivity contribution in [1.29, 1.82) is 0 Å². The van der Waals surface area contributed by atoms with Gasteiger partial charge in [-0.2, -0.15) is 0 Å². The Hall–Kier alpha value is -1.82. The van der Waals surface area contributed by atoms with Crippen molar-refractivity contribution in [2.75, 3.05) is 13.7 Å². The van der Waals surface area contributed by atoms with Gasteiger partial charge in [-0.05, 0) is 87.2 Å². The molecule has 10 nitrogen and oxygen atoms in total. The van der Waals surface area contributed by atoms with Gasteiger partial charge < -0.3 is 39.0 Å². The van der Waals surface area contributed by atoms with Crippen LogP contribution in [-0.4, -0.2) is 82.9 Å². The minimum Gasteiger partial charge on any atom is -0.504 e. The molecule has 10 heteroatoms. The molecule has 0 bridgehead atoms. The number of esters is 1. The molecule has 0 spiro atoms. The Bertz CT molecular complexity index is 1230. The summed E-state index contributed by atoms with van der Waals surface area (Å²) in [4.78, 5) is 26.2. The Morgan fingerprint density at radius 1 is 1.02 bits per heavy atom. The number of ether oxygens (including phenoxy) is 5. The maximum absolute atomic E-state index is 14.3. The summed E-state index contributed by atoms with van der Waals surface area (Å²) in [7, 11) is 1.53. The number of hydrogen-bond acceptors (Lipinski definition) is 10. The molecule has 0 radical (unpaired) electrons. The van der Waals surface area contributed by atoms with E-state index in [0.717, 1.165) is 6.42 Å². The molecule has 7 rings (SSSR count). The SMILES string of the molecule is COC1CC(C)OC2OC3CC4CCC5C(=C(O)C(=O)C6(C)C(C7=CC(=O)OC7)CCCC56O)C4(C)CC3OC12O. The maximum Gasteiger partial charge on any atom is 0.331 e. The van der Waals surface area contributed by atoms with Crippen LogP contribution in [0.3, 0.4) is 0 Å². The minimum absolute atomic E-state index is 0.0786. The van der Waals surface area contributed by atoms with E-state index in [-0.39, 0.29) is 30.5 Å². The van der Waals surface area contributed by atoms with Crippen molar-refractivity contribution in [3.63, 3.8) is 0 Å². The average Bonchev–Trinajstić information content (AvgIpc) is 3.35. The fraction of sp³-hybridized carbons (Fsp3) is 0.806. The van der Waals surface area contributed by atoms with E-state index < -0.39 is 64.3 Å². The molecule has 7 aliphatic rings. The quantitative estimate of drug-likeness (QED) is 0.333. The number of carbonyl (C=O) groups is 2. The van der Waals surface area contributed by atoms with E-state index in [1.54, 1.807) is 6.92 Å². The first-order valence-corrected chi connectivity index (χ1v) is 15.2. The van der Waals surface area contributed by atoms with Gasteiger partial charge >= 0.3 is 5.97 Å². The fourth-order valence-electron chi connectivity index (χ4n) is 10.0. The number of hydrogen-bond donors (Lipinski definition) is 3. The lowest BCUT2D eigenvalue weighted by molar-refractivity contribution is -0.458. The highest BCUT2D eigenvalue weighted by atomic mass is 16.8. The summed E-state index contributed by atoms with van der Waals surface area (Å²) >= 11 is 0. The summed E-state index contributed by atoms with van der Waals surface area (Å²) < 4.78 is 29.5. The number of cyclic esters (lactones) is 1. The number of rotatable bonds is 2. The van der Waals surface area contributed by atoms with Crippen molar-refractivity contribution in [3.8, 4) is 0 Å². The van der Waals surface area contributed by atoms with E-state index in [9.17, 15) is 24.9 Å². The zero-order valence-corrected chi connectivity index (χ0v) is 24.3. The summed E-state index contributed by atoms with van der Waals surface area (Å²) in [5, 5.41) is 36.0. The number of methoxy groups -OCH3 is 1. The number of fused-ring (bicyclic) bond motifs is 7. The van der Waals surface area contributed by atoms with Crippen LogP contribution in [0.15, 0.2) is 23.0 Å². The molecule has 5 fully saturated rings. The highest BCUT2D eigenvalue weighted by molar-refractivity contribution is 6.02. The largest absolute Gasteiger partial charge is 0.504 e. The zero-order chi connectivity index (χ0) is 29.1. The lowest BCUT2D eigenvalue weighted by Gasteiger charge is -2.64. The third kappa shape index (κ3) is 3.58. The van der Waals surface area contributed by atoms with E-state index in [1.165, 1.54) is 13.2 Å².